The molecule has 0 fully saturated rings. The lowest BCUT2D eigenvalue weighted by atomic mass is 9.73. The summed E-state index contributed by atoms with van der Waals surface area (Å²) < 4.78 is 0. The van der Waals surface area contributed by atoms with E-state index in [2.05, 4.69) is 47.6 Å². The molecule has 4 heteroatoms. The van der Waals surface area contributed by atoms with Gasteiger partial charge in [-0.25, -0.2) is 4.98 Å². The summed E-state index contributed by atoms with van der Waals surface area (Å²) >= 11 is 1.45. The van der Waals surface area contributed by atoms with Crippen molar-refractivity contribution in [2.24, 2.45) is 5.41 Å². The summed E-state index contributed by atoms with van der Waals surface area (Å²) in [6, 6.07) is 18.7. The average molecular weight is 334 g/mol. The van der Waals surface area contributed by atoms with E-state index in [4.69, 9.17) is 0 Å². The highest BCUT2D eigenvalue weighted by Crippen LogP contribution is 2.51. The molecule has 0 unspecified atom stereocenters. The summed E-state index contributed by atoms with van der Waals surface area (Å²) in [7, 11) is 0. The summed E-state index contributed by atoms with van der Waals surface area (Å²) in [5.41, 5.74) is 3.15. The Labute approximate surface area is 145 Å². The monoisotopic (exact) mass is 334 g/mol. The Hall–Kier alpha value is -2.46. The molecular weight excluding hydrogens is 316 g/mol. The third kappa shape index (κ3) is 2.43. The number of thiazole rings is 1. The number of amides is 1. The second kappa shape index (κ2) is 5.87. The Morgan fingerprint density at radius 3 is 2.67 bits per heavy atom. The standard InChI is InChI=1S/C20H18N2OS/c1-20(18(23)22-19-21-11-12-24-19)13-15-9-5-6-10-16(15)17(20)14-7-3-2-4-8-14/h2-12,17H,13H2,1H3,(H,21,22,23)/t17-,20-/m0/s1. The van der Waals surface area contributed by atoms with Crippen molar-refractivity contribution in [1.82, 2.24) is 4.98 Å². The molecule has 1 amide bonds. The zero-order valence-electron chi connectivity index (χ0n) is 13.4. The molecule has 24 heavy (non-hydrogen) atoms. The van der Waals surface area contributed by atoms with Crippen molar-refractivity contribution in [1.29, 1.82) is 0 Å². The third-order valence-electron chi connectivity index (χ3n) is 4.87. The molecule has 0 spiro atoms. The van der Waals surface area contributed by atoms with E-state index in [1.165, 1.54) is 28.0 Å². The van der Waals surface area contributed by atoms with E-state index in [0.717, 1.165) is 6.42 Å². The van der Waals surface area contributed by atoms with Gasteiger partial charge < -0.3 is 5.32 Å². The van der Waals surface area contributed by atoms with Crippen molar-refractivity contribution >= 4 is 22.4 Å². The molecule has 3 aromatic rings. The Kier molecular flexibility index (Phi) is 3.69. The van der Waals surface area contributed by atoms with Crippen LogP contribution in [0.25, 0.3) is 0 Å². The minimum atomic E-state index is -0.531. The van der Waals surface area contributed by atoms with E-state index >= 15 is 0 Å². The minimum absolute atomic E-state index is 0.0301. The number of aromatic nitrogens is 1. The Morgan fingerprint density at radius 1 is 1.17 bits per heavy atom. The number of anilines is 1. The Balaban J connectivity index is 1.77. The van der Waals surface area contributed by atoms with Gasteiger partial charge in [-0.05, 0) is 30.0 Å². The van der Waals surface area contributed by atoms with Gasteiger partial charge in [0.15, 0.2) is 5.13 Å². The molecule has 1 aliphatic carbocycles. The smallest absolute Gasteiger partial charge is 0.233 e. The van der Waals surface area contributed by atoms with Gasteiger partial charge in [0, 0.05) is 17.5 Å². The summed E-state index contributed by atoms with van der Waals surface area (Å²) in [4.78, 5) is 17.3. The van der Waals surface area contributed by atoms with Crippen LogP contribution in [0.5, 0.6) is 0 Å². The second-order valence-electron chi connectivity index (χ2n) is 6.43. The quantitative estimate of drug-likeness (QED) is 0.767. The van der Waals surface area contributed by atoms with Crippen molar-refractivity contribution < 1.29 is 4.79 Å². The van der Waals surface area contributed by atoms with Gasteiger partial charge in [-0.1, -0.05) is 54.6 Å². The summed E-state index contributed by atoms with van der Waals surface area (Å²) in [5, 5.41) is 5.53. The molecule has 1 aliphatic rings. The molecular formula is C20H18N2OS. The van der Waals surface area contributed by atoms with Gasteiger partial charge in [0.25, 0.3) is 0 Å². The lowest BCUT2D eigenvalue weighted by Crippen LogP contribution is -2.37. The van der Waals surface area contributed by atoms with Crippen LogP contribution in [0.4, 0.5) is 5.13 Å². The molecule has 1 heterocycles. The van der Waals surface area contributed by atoms with Gasteiger partial charge in [0.2, 0.25) is 5.91 Å². The zero-order chi connectivity index (χ0) is 16.6. The van der Waals surface area contributed by atoms with Crippen LogP contribution in [0, 0.1) is 5.41 Å². The number of fused-ring (bicyclic) bond motifs is 1. The van der Waals surface area contributed by atoms with Gasteiger partial charge in [-0.2, -0.15) is 0 Å². The molecule has 0 saturated carbocycles. The molecule has 0 bridgehead atoms. The van der Waals surface area contributed by atoms with Gasteiger partial charge in [-0.15, -0.1) is 11.3 Å². The van der Waals surface area contributed by atoms with E-state index in [-0.39, 0.29) is 11.8 Å². The van der Waals surface area contributed by atoms with Crippen LogP contribution in [0.1, 0.15) is 29.5 Å². The number of carbonyl (C=O) groups is 1. The number of rotatable bonds is 3. The molecule has 3 nitrogen and oxygen atoms in total. The molecule has 0 aliphatic heterocycles. The molecule has 1 N–H and O–H groups in total. The average Bonchev–Trinajstić information content (AvgIpc) is 3.21. The van der Waals surface area contributed by atoms with Crippen molar-refractivity contribution in [3.05, 3.63) is 82.9 Å². The van der Waals surface area contributed by atoms with Gasteiger partial charge >= 0.3 is 0 Å². The highest BCUT2D eigenvalue weighted by Gasteiger charge is 2.48. The fourth-order valence-corrected chi connectivity index (χ4v) is 4.27. The maximum absolute atomic E-state index is 13.1. The van der Waals surface area contributed by atoms with Crippen LogP contribution < -0.4 is 5.32 Å². The summed E-state index contributed by atoms with van der Waals surface area (Å²) in [6.07, 6.45) is 2.45. The topological polar surface area (TPSA) is 42.0 Å². The van der Waals surface area contributed by atoms with Crippen molar-refractivity contribution in [2.45, 2.75) is 19.3 Å². The molecule has 2 atom stereocenters. The summed E-state index contributed by atoms with van der Waals surface area (Å²) in [6.45, 7) is 2.06. The van der Waals surface area contributed by atoms with E-state index in [0.29, 0.717) is 5.13 Å². The van der Waals surface area contributed by atoms with Crippen LogP contribution in [-0.4, -0.2) is 10.9 Å². The van der Waals surface area contributed by atoms with Crippen LogP contribution in [-0.2, 0) is 11.2 Å². The number of nitrogens with one attached hydrogen (secondary N) is 1. The van der Waals surface area contributed by atoms with Gasteiger partial charge in [0.05, 0.1) is 5.41 Å². The number of hydrogen-bond acceptors (Lipinski definition) is 3. The zero-order valence-corrected chi connectivity index (χ0v) is 14.2. The first-order chi connectivity index (χ1) is 11.7. The maximum Gasteiger partial charge on any atom is 0.233 e. The van der Waals surface area contributed by atoms with Gasteiger partial charge in [0.1, 0.15) is 0 Å². The Bertz CT molecular complexity index is 860. The highest BCUT2D eigenvalue weighted by molar-refractivity contribution is 7.13. The number of hydrogen-bond donors (Lipinski definition) is 1. The minimum Gasteiger partial charge on any atom is -0.301 e. The SMILES string of the molecule is C[C@]1(C(=O)Nc2nccs2)Cc2ccccc2[C@@H]1c1ccccc1. The normalized spacial score (nSPS) is 22.1. The van der Waals surface area contributed by atoms with Crippen LogP contribution in [0.15, 0.2) is 66.2 Å². The van der Waals surface area contributed by atoms with Crippen LogP contribution >= 0.6 is 11.3 Å². The fraction of sp³-hybridized carbons (Fsp3) is 0.200. The molecule has 1 aromatic heterocycles. The molecule has 0 saturated heterocycles. The maximum atomic E-state index is 13.1. The number of carbonyl (C=O) groups excluding carboxylic acids is 1. The predicted molar refractivity (Wildman–Crippen MR) is 97.3 cm³/mol. The van der Waals surface area contributed by atoms with Gasteiger partial charge in [-0.3, -0.25) is 4.79 Å². The molecule has 120 valence electrons. The van der Waals surface area contributed by atoms with Crippen LogP contribution in [0.3, 0.4) is 0 Å². The first kappa shape index (κ1) is 15.1. The van der Waals surface area contributed by atoms with Crippen molar-refractivity contribution in [3.8, 4) is 0 Å². The summed E-state index contributed by atoms with van der Waals surface area (Å²) in [5.74, 6) is 0.0809. The second-order valence-corrected chi connectivity index (χ2v) is 7.32. The first-order valence-corrected chi connectivity index (χ1v) is 8.90. The van der Waals surface area contributed by atoms with E-state index in [1.54, 1.807) is 6.20 Å². The van der Waals surface area contributed by atoms with E-state index < -0.39 is 5.41 Å². The number of nitrogens with zero attached hydrogens (tertiary/aromatic N) is 1. The van der Waals surface area contributed by atoms with Crippen molar-refractivity contribution in [2.75, 3.05) is 5.32 Å². The Morgan fingerprint density at radius 2 is 1.92 bits per heavy atom. The predicted octanol–water partition coefficient (Wildman–Crippen LogP) is 4.48. The van der Waals surface area contributed by atoms with Crippen LogP contribution in [0.2, 0.25) is 0 Å². The fourth-order valence-electron chi connectivity index (χ4n) is 3.75. The molecule has 0 radical (unpaired) electrons. The lowest BCUT2D eigenvalue weighted by Gasteiger charge is -2.30. The van der Waals surface area contributed by atoms with E-state index in [9.17, 15) is 4.79 Å². The molecule has 2 aromatic carbocycles. The highest BCUT2D eigenvalue weighted by atomic mass is 32.1. The lowest BCUT2D eigenvalue weighted by molar-refractivity contribution is -0.125. The largest absolute Gasteiger partial charge is 0.301 e. The first-order valence-electron chi connectivity index (χ1n) is 8.02. The molecule has 4 rings (SSSR count). The third-order valence-corrected chi connectivity index (χ3v) is 5.55. The number of benzene rings is 2. The van der Waals surface area contributed by atoms with Crippen molar-refractivity contribution in [3.63, 3.8) is 0 Å². The van der Waals surface area contributed by atoms with E-state index in [1.807, 2.05) is 29.6 Å².